The number of phenols is 2. The number of nitrogens with zero attached hydrogens (tertiary/aromatic N) is 3. The monoisotopic (exact) mass is 448 g/mol. The van der Waals surface area contributed by atoms with E-state index in [-0.39, 0.29) is 27.9 Å². The van der Waals surface area contributed by atoms with Gasteiger partial charge in [0.05, 0.1) is 12.1 Å². The lowest BCUT2D eigenvalue weighted by Gasteiger charge is -2.02. The second kappa shape index (κ2) is 10.2. The van der Waals surface area contributed by atoms with Crippen molar-refractivity contribution in [1.82, 2.24) is 4.98 Å². The number of amides is 1. The smallest absolute Gasteiger partial charge is 0.392 e. The largest absolute Gasteiger partial charge is 0.504 e. The van der Waals surface area contributed by atoms with E-state index in [9.17, 15) is 33.4 Å². The van der Waals surface area contributed by atoms with Crippen molar-refractivity contribution in [2.75, 3.05) is 5.32 Å². The summed E-state index contributed by atoms with van der Waals surface area (Å²) in [5.74, 6) is -1.55. The number of hydrogen-bond donors (Lipinski definition) is 3. The molecule has 0 bridgehead atoms. The van der Waals surface area contributed by atoms with Crippen molar-refractivity contribution in [1.29, 1.82) is 5.26 Å². The van der Waals surface area contributed by atoms with Crippen molar-refractivity contribution in [3.05, 3.63) is 65.3 Å². The molecule has 2 rings (SSSR count). The van der Waals surface area contributed by atoms with E-state index in [1.807, 2.05) is 0 Å². The van der Waals surface area contributed by atoms with Crippen LogP contribution in [-0.4, -0.2) is 33.0 Å². The maximum atomic E-state index is 12.4. The van der Waals surface area contributed by atoms with Crippen molar-refractivity contribution >= 4 is 34.2 Å². The topological polar surface area (TPSA) is 119 Å². The summed E-state index contributed by atoms with van der Waals surface area (Å²) in [7, 11) is 0. The summed E-state index contributed by atoms with van der Waals surface area (Å²) in [5, 5.41) is 32.1. The van der Waals surface area contributed by atoms with Gasteiger partial charge in [0.25, 0.3) is 5.91 Å². The van der Waals surface area contributed by atoms with Crippen LogP contribution in [-0.2, 0) is 4.79 Å². The average molecular weight is 448 g/mol. The third-order valence-electron chi connectivity index (χ3n) is 3.52. The summed E-state index contributed by atoms with van der Waals surface area (Å²) in [6.07, 6.45) is -1.11. The van der Waals surface area contributed by atoms with E-state index in [2.05, 4.69) is 21.9 Å². The van der Waals surface area contributed by atoms with Crippen LogP contribution in [0.15, 0.2) is 59.1 Å². The standard InChI is InChI=1S/C20H15F3N4O3S/c1-2-25-14(4-3-7-20(21,22)23)15-11-31-19(26-15)27-18(30)13(10-24)8-12-5-6-16(28)17(29)9-12/h2-6,8-9,11,28-29H,1,7H2,(H,26,27,30)/b4-3-,13-8+,25-14+. The minimum Gasteiger partial charge on any atom is -0.504 e. The zero-order valence-corrected chi connectivity index (χ0v) is 16.5. The number of aromatic hydroxyl groups is 2. The Kier molecular flexibility index (Phi) is 7.70. The van der Waals surface area contributed by atoms with Gasteiger partial charge in [-0.2, -0.15) is 18.4 Å². The lowest BCUT2D eigenvalue weighted by molar-refractivity contribution is -0.125. The Labute approximate surface area is 178 Å². The normalized spacial score (nSPS) is 12.6. The highest BCUT2D eigenvalue weighted by Crippen LogP contribution is 2.26. The molecule has 1 aromatic heterocycles. The second-order valence-corrected chi connectivity index (χ2v) is 6.69. The highest BCUT2D eigenvalue weighted by Gasteiger charge is 2.24. The molecule has 0 saturated heterocycles. The minimum atomic E-state index is -4.36. The molecule has 0 aliphatic rings. The first-order chi connectivity index (χ1) is 14.6. The summed E-state index contributed by atoms with van der Waals surface area (Å²) < 4.78 is 37.0. The van der Waals surface area contributed by atoms with Gasteiger partial charge >= 0.3 is 6.18 Å². The van der Waals surface area contributed by atoms with Crippen molar-refractivity contribution < 1.29 is 28.2 Å². The third-order valence-corrected chi connectivity index (χ3v) is 4.28. The Morgan fingerprint density at radius 1 is 1.35 bits per heavy atom. The van der Waals surface area contributed by atoms with Crippen LogP contribution in [0.4, 0.5) is 18.3 Å². The molecule has 2 aromatic rings. The Morgan fingerprint density at radius 3 is 2.71 bits per heavy atom. The molecule has 31 heavy (non-hydrogen) atoms. The van der Waals surface area contributed by atoms with Crippen molar-refractivity contribution in [2.24, 2.45) is 4.99 Å². The average Bonchev–Trinajstić information content (AvgIpc) is 3.15. The number of hydrogen-bond acceptors (Lipinski definition) is 7. The number of anilines is 1. The van der Waals surface area contributed by atoms with Gasteiger partial charge in [-0.1, -0.05) is 18.7 Å². The number of nitriles is 1. The fraction of sp³-hybridized carbons (Fsp3) is 0.100. The summed E-state index contributed by atoms with van der Waals surface area (Å²) in [6, 6.07) is 5.49. The van der Waals surface area contributed by atoms with E-state index < -0.39 is 24.3 Å². The first kappa shape index (κ1) is 23.4. The van der Waals surface area contributed by atoms with Gasteiger partial charge in [0.1, 0.15) is 17.3 Å². The Bertz CT molecular complexity index is 1110. The number of allylic oxidation sites excluding steroid dienone is 2. The molecular weight excluding hydrogens is 433 g/mol. The molecule has 160 valence electrons. The van der Waals surface area contributed by atoms with Gasteiger partial charge in [-0.05, 0) is 29.8 Å². The number of carbonyl (C=O) groups is 1. The predicted molar refractivity (Wildman–Crippen MR) is 111 cm³/mol. The highest BCUT2D eigenvalue weighted by molar-refractivity contribution is 7.14. The number of benzene rings is 1. The first-order valence-electron chi connectivity index (χ1n) is 8.46. The van der Waals surface area contributed by atoms with Gasteiger partial charge in [0, 0.05) is 11.6 Å². The molecule has 0 radical (unpaired) electrons. The van der Waals surface area contributed by atoms with Crippen LogP contribution in [0.1, 0.15) is 17.7 Å². The number of carbonyl (C=O) groups excluding carboxylic acids is 1. The second-order valence-electron chi connectivity index (χ2n) is 5.83. The van der Waals surface area contributed by atoms with Gasteiger partial charge in [-0.25, -0.2) is 4.98 Å². The fourth-order valence-corrected chi connectivity index (χ4v) is 2.86. The number of thiazole rings is 1. The zero-order chi connectivity index (χ0) is 23.0. The van der Waals surface area contributed by atoms with Crippen LogP contribution in [0.3, 0.4) is 0 Å². The van der Waals surface area contributed by atoms with Crippen molar-refractivity contribution in [3.63, 3.8) is 0 Å². The van der Waals surface area contributed by atoms with E-state index in [0.29, 0.717) is 5.56 Å². The van der Waals surface area contributed by atoms with E-state index in [1.165, 1.54) is 29.7 Å². The molecule has 1 aromatic carbocycles. The van der Waals surface area contributed by atoms with E-state index in [1.54, 1.807) is 6.07 Å². The van der Waals surface area contributed by atoms with Gasteiger partial charge in [-0.15, -0.1) is 11.3 Å². The molecule has 1 amide bonds. The summed E-state index contributed by atoms with van der Waals surface area (Å²) in [6.45, 7) is 3.41. The van der Waals surface area contributed by atoms with Gasteiger partial charge < -0.3 is 10.2 Å². The number of halogens is 3. The lowest BCUT2D eigenvalue weighted by atomic mass is 10.1. The summed E-state index contributed by atoms with van der Waals surface area (Å²) in [5.41, 5.74) is 0.333. The Balaban J connectivity index is 2.17. The van der Waals surface area contributed by atoms with Crippen LogP contribution in [0.25, 0.3) is 6.08 Å². The number of alkyl halides is 3. The van der Waals surface area contributed by atoms with Crippen LogP contribution >= 0.6 is 11.3 Å². The molecule has 0 aliphatic heterocycles. The minimum absolute atomic E-state index is 0.0932. The maximum Gasteiger partial charge on any atom is 0.392 e. The Hall–Kier alpha value is -3.91. The molecular formula is C20H15F3N4O3S. The zero-order valence-electron chi connectivity index (χ0n) is 15.7. The highest BCUT2D eigenvalue weighted by atomic mass is 32.1. The van der Waals surface area contributed by atoms with Crippen LogP contribution in [0.5, 0.6) is 11.5 Å². The predicted octanol–water partition coefficient (Wildman–Crippen LogP) is 4.54. The SMILES string of the molecule is C=C/N=C(\C=C/CC(F)(F)F)c1csc(NC(=O)/C(C#N)=C/c2ccc(O)c(O)c2)n1. The number of rotatable bonds is 7. The number of aromatic nitrogens is 1. The first-order valence-corrected chi connectivity index (χ1v) is 9.34. The molecule has 0 fully saturated rings. The van der Waals surface area contributed by atoms with E-state index in [4.69, 9.17) is 0 Å². The van der Waals surface area contributed by atoms with Gasteiger partial charge in [-0.3, -0.25) is 15.1 Å². The molecule has 7 nitrogen and oxygen atoms in total. The maximum absolute atomic E-state index is 12.4. The summed E-state index contributed by atoms with van der Waals surface area (Å²) >= 11 is 0.986. The fourth-order valence-electron chi connectivity index (χ4n) is 2.16. The molecule has 3 N–H and O–H groups in total. The van der Waals surface area contributed by atoms with Crippen LogP contribution < -0.4 is 5.32 Å². The molecule has 0 atom stereocenters. The molecule has 11 heteroatoms. The number of aliphatic imine (C=N–C) groups is 1. The quantitative estimate of drug-likeness (QED) is 0.249. The van der Waals surface area contributed by atoms with Crippen LogP contribution in [0, 0.1) is 11.3 Å². The Morgan fingerprint density at radius 2 is 2.10 bits per heavy atom. The number of phenolic OH excluding ortho intramolecular Hbond substituents is 2. The molecule has 0 aliphatic carbocycles. The molecule has 0 saturated carbocycles. The molecule has 0 unspecified atom stereocenters. The van der Waals surface area contributed by atoms with E-state index in [0.717, 1.165) is 29.7 Å². The van der Waals surface area contributed by atoms with Gasteiger partial charge in [0.2, 0.25) is 0 Å². The van der Waals surface area contributed by atoms with Crippen molar-refractivity contribution in [3.8, 4) is 17.6 Å². The molecule has 1 heterocycles. The number of nitrogens with one attached hydrogen (secondary N) is 1. The van der Waals surface area contributed by atoms with Crippen molar-refractivity contribution in [2.45, 2.75) is 12.6 Å². The van der Waals surface area contributed by atoms with E-state index >= 15 is 0 Å². The summed E-state index contributed by atoms with van der Waals surface area (Å²) in [4.78, 5) is 20.3. The van der Waals surface area contributed by atoms with Crippen LogP contribution in [0.2, 0.25) is 0 Å². The third kappa shape index (κ3) is 7.13. The molecule has 0 spiro atoms. The van der Waals surface area contributed by atoms with Gasteiger partial charge in [0.15, 0.2) is 16.6 Å². The lowest BCUT2D eigenvalue weighted by Crippen LogP contribution is -2.13.